The van der Waals surface area contributed by atoms with Crippen molar-refractivity contribution in [2.45, 2.75) is 13.5 Å². The summed E-state index contributed by atoms with van der Waals surface area (Å²) in [5.74, 6) is 0. The summed E-state index contributed by atoms with van der Waals surface area (Å²) in [6.07, 6.45) is 1.67. The number of thiazole rings is 1. The number of anilines is 1. The van der Waals surface area contributed by atoms with Gasteiger partial charge in [0.05, 0.1) is 22.5 Å². The minimum Gasteiger partial charge on any atom is -0.356 e. The van der Waals surface area contributed by atoms with E-state index in [2.05, 4.69) is 45.6 Å². The van der Waals surface area contributed by atoms with Crippen LogP contribution in [0.5, 0.6) is 0 Å². The Kier molecular flexibility index (Phi) is 2.90. The maximum atomic E-state index is 4.53. The average molecular weight is 256 g/mol. The van der Waals surface area contributed by atoms with Crippen molar-refractivity contribution in [2.75, 3.05) is 5.32 Å². The largest absolute Gasteiger partial charge is 0.356 e. The molecule has 0 aliphatic rings. The molecule has 0 fully saturated rings. The quantitative estimate of drug-likeness (QED) is 0.782. The van der Waals surface area contributed by atoms with Crippen LogP contribution in [0.25, 0.3) is 10.2 Å². The fraction of sp³-hybridized carbons (Fsp3) is 0.154. The first-order valence-electron chi connectivity index (χ1n) is 5.69. The highest BCUT2D eigenvalue weighted by molar-refractivity contribution is 7.22. The van der Waals surface area contributed by atoms with Gasteiger partial charge in [0.25, 0.3) is 0 Å². The molecule has 18 heavy (non-hydrogen) atoms. The van der Waals surface area contributed by atoms with E-state index in [4.69, 9.17) is 0 Å². The van der Waals surface area contributed by atoms with Gasteiger partial charge in [-0.25, -0.2) is 4.98 Å². The van der Waals surface area contributed by atoms with Crippen LogP contribution >= 0.6 is 11.3 Å². The summed E-state index contributed by atoms with van der Waals surface area (Å²) in [7, 11) is 0. The monoisotopic (exact) mass is 256 g/mol. The molecule has 0 aliphatic heterocycles. The van der Waals surface area contributed by atoms with E-state index in [0.29, 0.717) is 6.54 Å². The van der Waals surface area contributed by atoms with Gasteiger partial charge in [-0.3, -0.25) is 0 Å². The highest BCUT2D eigenvalue weighted by Gasteiger charge is 2.03. The van der Waals surface area contributed by atoms with Crippen LogP contribution in [-0.2, 0) is 6.54 Å². The van der Waals surface area contributed by atoms with Crippen LogP contribution in [0.3, 0.4) is 0 Å². The van der Waals surface area contributed by atoms with Gasteiger partial charge in [-0.15, -0.1) is 0 Å². The van der Waals surface area contributed by atoms with Crippen molar-refractivity contribution < 1.29 is 0 Å². The molecule has 4 nitrogen and oxygen atoms in total. The van der Waals surface area contributed by atoms with Crippen LogP contribution in [0.4, 0.5) is 5.13 Å². The Hall–Kier alpha value is -2.01. The van der Waals surface area contributed by atoms with Crippen molar-refractivity contribution in [1.29, 1.82) is 0 Å². The summed E-state index contributed by atoms with van der Waals surface area (Å²) < 4.78 is 1.21. The summed E-state index contributed by atoms with van der Waals surface area (Å²) in [6, 6.07) is 10.1. The van der Waals surface area contributed by atoms with Crippen LogP contribution in [-0.4, -0.2) is 15.2 Å². The van der Waals surface area contributed by atoms with Crippen molar-refractivity contribution in [3.63, 3.8) is 0 Å². The van der Waals surface area contributed by atoms with Gasteiger partial charge in [0, 0.05) is 6.20 Å². The zero-order valence-electron chi connectivity index (χ0n) is 9.92. The Morgan fingerprint density at radius 2 is 2.22 bits per heavy atom. The van der Waals surface area contributed by atoms with Crippen LogP contribution in [0.1, 0.15) is 11.3 Å². The molecule has 0 saturated heterocycles. The molecule has 3 rings (SSSR count). The van der Waals surface area contributed by atoms with Gasteiger partial charge < -0.3 is 5.32 Å². The molecule has 0 amide bonds. The summed E-state index contributed by atoms with van der Waals surface area (Å²) in [5.41, 5.74) is 3.20. The number of hydrogen-bond donors (Lipinski definition) is 1. The maximum Gasteiger partial charge on any atom is 0.184 e. The highest BCUT2D eigenvalue weighted by Crippen LogP contribution is 2.26. The summed E-state index contributed by atoms with van der Waals surface area (Å²) in [5, 5.41) is 12.1. The van der Waals surface area contributed by atoms with E-state index in [1.54, 1.807) is 17.5 Å². The van der Waals surface area contributed by atoms with Gasteiger partial charge in [0.15, 0.2) is 5.13 Å². The molecular weight excluding hydrogens is 244 g/mol. The molecule has 0 spiro atoms. The summed E-state index contributed by atoms with van der Waals surface area (Å²) in [6.45, 7) is 2.73. The second kappa shape index (κ2) is 4.70. The number of nitrogens with one attached hydrogen (secondary N) is 1. The van der Waals surface area contributed by atoms with E-state index < -0.39 is 0 Å². The van der Waals surface area contributed by atoms with Crippen molar-refractivity contribution in [3.8, 4) is 0 Å². The minimum atomic E-state index is 0.645. The number of benzene rings is 1. The molecular formula is C13H12N4S. The van der Waals surface area contributed by atoms with Crippen LogP contribution in [0.15, 0.2) is 36.5 Å². The Morgan fingerprint density at radius 3 is 3.06 bits per heavy atom. The second-order valence-electron chi connectivity index (χ2n) is 4.06. The average Bonchev–Trinajstić information content (AvgIpc) is 2.79. The molecule has 0 atom stereocenters. The number of rotatable bonds is 3. The lowest BCUT2D eigenvalue weighted by atomic mass is 10.2. The molecule has 5 heteroatoms. The number of aromatic nitrogens is 3. The van der Waals surface area contributed by atoms with Gasteiger partial charge in [0.2, 0.25) is 0 Å². The molecule has 2 heterocycles. The molecule has 0 unspecified atom stereocenters. The Labute approximate surface area is 109 Å². The molecule has 1 N–H and O–H groups in total. The predicted molar refractivity (Wildman–Crippen MR) is 73.7 cm³/mol. The first kappa shape index (κ1) is 11.1. The first-order valence-corrected chi connectivity index (χ1v) is 6.50. The van der Waals surface area contributed by atoms with E-state index in [1.807, 2.05) is 12.1 Å². The number of hydrogen-bond acceptors (Lipinski definition) is 5. The SMILES string of the molecule is Cc1ccc2nc(NCc3cccnn3)sc2c1. The fourth-order valence-electron chi connectivity index (χ4n) is 1.70. The normalized spacial score (nSPS) is 10.7. The third kappa shape index (κ3) is 2.31. The molecule has 0 saturated carbocycles. The zero-order chi connectivity index (χ0) is 12.4. The number of aryl methyl sites for hydroxylation is 1. The molecule has 0 bridgehead atoms. The maximum absolute atomic E-state index is 4.53. The zero-order valence-corrected chi connectivity index (χ0v) is 10.7. The topological polar surface area (TPSA) is 50.7 Å². The van der Waals surface area contributed by atoms with E-state index in [1.165, 1.54) is 10.3 Å². The molecule has 0 radical (unpaired) electrons. The Bertz CT molecular complexity index is 663. The second-order valence-corrected chi connectivity index (χ2v) is 5.09. The van der Waals surface area contributed by atoms with Crippen LogP contribution < -0.4 is 5.32 Å². The Balaban J connectivity index is 1.79. The van der Waals surface area contributed by atoms with Crippen molar-refractivity contribution in [2.24, 2.45) is 0 Å². The first-order chi connectivity index (χ1) is 8.81. The van der Waals surface area contributed by atoms with E-state index in [9.17, 15) is 0 Å². The van der Waals surface area contributed by atoms with Gasteiger partial charge >= 0.3 is 0 Å². The van der Waals surface area contributed by atoms with E-state index in [-0.39, 0.29) is 0 Å². The standard InChI is InChI=1S/C13H12N4S/c1-9-4-5-11-12(7-9)18-13(16-11)14-8-10-3-2-6-15-17-10/h2-7H,8H2,1H3,(H,14,16). The van der Waals surface area contributed by atoms with Gasteiger partial charge in [-0.2, -0.15) is 10.2 Å². The van der Waals surface area contributed by atoms with E-state index >= 15 is 0 Å². The lowest BCUT2D eigenvalue weighted by Gasteiger charge is -1.99. The number of fused-ring (bicyclic) bond motifs is 1. The predicted octanol–water partition coefficient (Wildman–Crippen LogP) is 3.01. The van der Waals surface area contributed by atoms with Crippen molar-refractivity contribution >= 4 is 26.7 Å². The van der Waals surface area contributed by atoms with Crippen molar-refractivity contribution in [1.82, 2.24) is 15.2 Å². The van der Waals surface area contributed by atoms with E-state index in [0.717, 1.165) is 16.3 Å². The molecule has 2 aromatic heterocycles. The third-order valence-corrected chi connectivity index (χ3v) is 3.57. The third-order valence-electron chi connectivity index (χ3n) is 2.59. The molecule has 90 valence electrons. The van der Waals surface area contributed by atoms with Crippen molar-refractivity contribution in [3.05, 3.63) is 47.8 Å². The fourth-order valence-corrected chi connectivity index (χ4v) is 2.66. The summed E-state index contributed by atoms with van der Waals surface area (Å²) >= 11 is 1.66. The molecule has 0 aliphatic carbocycles. The summed E-state index contributed by atoms with van der Waals surface area (Å²) in [4.78, 5) is 4.53. The smallest absolute Gasteiger partial charge is 0.184 e. The Morgan fingerprint density at radius 1 is 1.28 bits per heavy atom. The minimum absolute atomic E-state index is 0.645. The van der Waals surface area contributed by atoms with Gasteiger partial charge in [-0.05, 0) is 36.8 Å². The lowest BCUT2D eigenvalue weighted by molar-refractivity contribution is 0.924. The lowest BCUT2D eigenvalue weighted by Crippen LogP contribution is -2.01. The molecule has 1 aromatic carbocycles. The van der Waals surface area contributed by atoms with Crippen LogP contribution in [0.2, 0.25) is 0 Å². The molecule has 3 aromatic rings. The highest BCUT2D eigenvalue weighted by atomic mass is 32.1. The van der Waals surface area contributed by atoms with Gasteiger partial charge in [-0.1, -0.05) is 17.4 Å². The van der Waals surface area contributed by atoms with Crippen LogP contribution in [0, 0.1) is 6.92 Å². The van der Waals surface area contributed by atoms with Gasteiger partial charge in [0.1, 0.15) is 0 Å². The number of nitrogens with zero attached hydrogens (tertiary/aromatic N) is 3.